The first kappa shape index (κ1) is 25.2. The maximum Gasteiger partial charge on any atom is 0.292 e. The quantitative estimate of drug-likeness (QED) is 0.385. The van der Waals surface area contributed by atoms with Gasteiger partial charge < -0.3 is 24.3 Å². The normalized spacial score (nSPS) is 13.9. The number of ether oxygens (including phenoxy) is 2. The van der Waals surface area contributed by atoms with Crippen molar-refractivity contribution < 1.29 is 19.1 Å². The van der Waals surface area contributed by atoms with Crippen molar-refractivity contribution in [1.82, 2.24) is 24.3 Å². The van der Waals surface area contributed by atoms with E-state index in [1.807, 2.05) is 39.8 Å². The second-order valence-corrected chi connectivity index (χ2v) is 8.95. The number of para-hydroxylation sites is 2. The van der Waals surface area contributed by atoms with Crippen LogP contribution >= 0.6 is 0 Å². The Morgan fingerprint density at radius 2 is 1.66 bits per heavy atom. The van der Waals surface area contributed by atoms with Gasteiger partial charge in [-0.3, -0.25) is 14.5 Å². The maximum absolute atomic E-state index is 13.1. The molecule has 2 amide bonds. The van der Waals surface area contributed by atoms with Crippen molar-refractivity contribution in [2.75, 3.05) is 52.3 Å². The number of anilines is 1. The minimum atomic E-state index is -0.301. The molecule has 1 aliphatic heterocycles. The average molecular weight is 515 g/mol. The molecule has 1 saturated heterocycles. The predicted molar refractivity (Wildman–Crippen MR) is 144 cm³/mol. The van der Waals surface area contributed by atoms with E-state index in [0.29, 0.717) is 48.3 Å². The van der Waals surface area contributed by atoms with Crippen molar-refractivity contribution >= 4 is 28.7 Å². The molecule has 10 nitrogen and oxygen atoms in total. The number of aromatic nitrogens is 3. The van der Waals surface area contributed by atoms with Crippen molar-refractivity contribution in [1.29, 1.82) is 0 Å². The minimum absolute atomic E-state index is 0.0281. The van der Waals surface area contributed by atoms with Gasteiger partial charge >= 0.3 is 0 Å². The smallest absolute Gasteiger partial charge is 0.292 e. The van der Waals surface area contributed by atoms with E-state index >= 15 is 0 Å². The van der Waals surface area contributed by atoms with E-state index in [0.717, 1.165) is 30.7 Å². The van der Waals surface area contributed by atoms with Crippen molar-refractivity contribution in [3.05, 3.63) is 78.2 Å². The third-order valence-corrected chi connectivity index (χ3v) is 6.69. The first-order valence-electron chi connectivity index (χ1n) is 12.5. The second kappa shape index (κ2) is 11.3. The molecule has 5 rings (SSSR count). The predicted octanol–water partition coefficient (Wildman–Crippen LogP) is 3.16. The number of rotatable bonds is 8. The number of hydrogen-bond donors (Lipinski definition) is 1. The molecule has 0 saturated carbocycles. The molecule has 2 aromatic carbocycles. The summed E-state index contributed by atoms with van der Waals surface area (Å²) in [4.78, 5) is 39.1. The minimum Gasteiger partial charge on any atom is -0.493 e. The highest BCUT2D eigenvalue weighted by Crippen LogP contribution is 2.28. The van der Waals surface area contributed by atoms with Gasteiger partial charge in [0.1, 0.15) is 5.82 Å². The van der Waals surface area contributed by atoms with Crippen LogP contribution in [0.5, 0.6) is 11.5 Å². The van der Waals surface area contributed by atoms with E-state index < -0.39 is 0 Å². The van der Waals surface area contributed by atoms with Crippen molar-refractivity contribution in [2.24, 2.45) is 0 Å². The Morgan fingerprint density at radius 1 is 0.895 bits per heavy atom. The number of benzene rings is 2. The van der Waals surface area contributed by atoms with Crippen LogP contribution in [-0.4, -0.2) is 83.1 Å². The van der Waals surface area contributed by atoms with Gasteiger partial charge in [-0.25, -0.2) is 9.97 Å². The van der Waals surface area contributed by atoms with Crippen LogP contribution in [-0.2, 0) is 6.54 Å². The number of carbonyl (C=O) groups is 2. The fourth-order valence-electron chi connectivity index (χ4n) is 4.65. The summed E-state index contributed by atoms with van der Waals surface area (Å²) in [6, 6.07) is 18.3. The molecule has 3 heterocycles. The third kappa shape index (κ3) is 5.30. The Hall–Kier alpha value is -4.44. The molecule has 0 atom stereocenters. The first-order chi connectivity index (χ1) is 18.6. The van der Waals surface area contributed by atoms with E-state index in [9.17, 15) is 9.59 Å². The number of carbonyl (C=O) groups excluding carboxylic acids is 2. The van der Waals surface area contributed by atoms with Crippen molar-refractivity contribution in [2.45, 2.75) is 6.54 Å². The third-order valence-electron chi connectivity index (χ3n) is 6.69. The number of fused-ring (bicyclic) bond motifs is 1. The molecule has 4 aromatic rings. The molecule has 1 fully saturated rings. The summed E-state index contributed by atoms with van der Waals surface area (Å²) >= 11 is 0. The number of pyridine rings is 1. The number of hydrogen-bond acceptors (Lipinski definition) is 7. The summed E-state index contributed by atoms with van der Waals surface area (Å²) in [6.07, 6.45) is 1.63. The number of piperazine rings is 1. The van der Waals surface area contributed by atoms with Gasteiger partial charge in [0, 0.05) is 51.0 Å². The SMILES string of the molecule is COc1ccc(C(=O)N2CCN(CCn3c(C(=O)Nc4ccccn4)nc4ccccc43)CC2)cc1OC. The molecule has 0 bridgehead atoms. The lowest BCUT2D eigenvalue weighted by Gasteiger charge is -2.35. The molecule has 2 aromatic heterocycles. The molecule has 0 unspecified atom stereocenters. The topological polar surface area (TPSA) is 102 Å². The summed E-state index contributed by atoms with van der Waals surface area (Å²) in [7, 11) is 3.13. The standard InChI is InChI=1S/C28H30N6O4/c1-37-23-11-10-20(19-24(23)38-2)28(36)33-16-13-32(14-17-33)15-18-34-22-8-4-3-7-21(22)30-26(34)27(35)31-25-9-5-6-12-29-25/h3-12,19H,13-18H2,1-2H3,(H,29,31,35). The van der Waals surface area contributed by atoms with Crippen LogP contribution in [0.3, 0.4) is 0 Å². The fraction of sp³-hybridized carbons (Fsp3) is 0.286. The lowest BCUT2D eigenvalue weighted by atomic mass is 10.1. The van der Waals surface area contributed by atoms with Crippen LogP contribution in [0.2, 0.25) is 0 Å². The summed E-state index contributed by atoms with van der Waals surface area (Å²) in [5.74, 6) is 1.62. The number of amides is 2. The lowest BCUT2D eigenvalue weighted by molar-refractivity contribution is 0.0632. The van der Waals surface area contributed by atoms with Crippen LogP contribution < -0.4 is 14.8 Å². The Balaban J connectivity index is 1.23. The van der Waals surface area contributed by atoms with Gasteiger partial charge in [0.15, 0.2) is 17.3 Å². The zero-order valence-corrected chi connectivity index (χ0v) is 21.5. The van der Waals surface area contributed by atoms with Gasteiger partial charge in [0.2, 0.25) is 0 Å². The molecule has 10 heteroatoms. The molecule has 0 spiro atoms. The summed E-state index contributed by atoms with van der Waals surface area (Å²) < 4.78 is 12.6. The number of imidazole rings is 1. The van der Waals surface area contributed by atoms with Gasteiger partial charge in [0.05, 0.1) is 25.3 Å². The molecule has 38 heavy (non-hydrogen) atoms. The molecular weight excluding hydrogens is 484 g/mol. The van der Waals surface area contributed by atoms with Gasteiger partial charge in [0.25, 0.3) is 11.8 Å². The zero-order valence-electron chi connectivity index (χ0n) is 21.5. The number of nitrogens with one attached hydrogen (secondary N) is 1. The van der Waals surface area contributed by atoms with E-state index in [1.165, 1.54) is 0 Å². The van der Waals surface area contributed by atoms with E-state index in [4.69, 9.17) is 9.47 Å². The van der Waals surface area contributed by atoms with Crippen molar-refractivity contribution in [3.63, 3.8) is 0 Å². The molecular formula is C28H30N6O4. The summed E-state index contributed by atoms with van der Waals surface area (Å²) in [5, 5.41) is 2.84. The van der Waals surface area contributed by atoms with Gasteiger partial charge in [-0.2, -0.15) is 0 Å². The Bertz CT molecular complexity index is 1430. The summed E-state index contributed by atoms with van der Waals surface area (Å²) in [5.41, 5.74) is 2.24. The average Bonchev–Trinajstić information content (AvgIpc) is 3.35. The summed E-state index contributed by atoms with van der Waals surface area (Å²) in [6.45, 7) is 4.02. The van der Waals surface area contributed by atoms with Gasteiger partial charge in [-0.05, 0) is 42.5 Å². The Kier molecular flexibility index (Phi) is 7.50. The number of nitrogens with zero attached hydrogens (tertiary/aromatic N) is 5. The van der Waals surface area contributed by atoms with Crippen LogP contribution in [0.1, 0.15) is 21.0 Å². The fourth-order valence-corrected chi connectivity index (χ4v) is 4.65. The van der Waals surface area contributed by atoms with E-state index in [-0.39, 0.29) is 11.8 Å². The molecule has 1 N–H and O–H groups in total. The first-order valence-corrected chi connectivity index (χ1v) is 12.5. The van der Waals surface area contributed by atoms with E-state index in [2.05, 4.69) is 20.2 Å². The van der Waals surface area contributed by atoms with Crippen LogP contribution in [0.15, 0.2) is 66.9 Å². The van der Waals surface area contributed by atoms with Crippen LogP contribution in [0.4, 0.5) is 5.82 Å². The molecule has 0 radical (unpaired) electrons. The van der Waals surface area contributed by atoms with Crippen LogP contribution in [0, 0.1) is 0 Å². The Morgan fingerprint density at radius 3 is 2.39 bits per heavy atom. The number of methoxy groups -OCH3 is 2. The van der Waals surface area contributed by atoms with E-state index in [1.54, 1.807) is 50.7 Å². The van der Waals surface area contributed by atoms with Gasteiger partial charge in [-0.15, -0.1) is 0 Å². The monoisotopic (exact) mass is 514 g/mol. The highest BCUT2D eigenvalue weighted by Gasteiger charge is 2.24. The highest BCUT2D eigenvalue weighted by molar-refractivity contribution is 6.03. The van der Waals surface area contributed by atoms with Gasteiger partial charge in [-0.1, -0.05) is 18.2 Å². The molecule has 196 valence electrons. The highest BCUT2D eigenvalue weighted by atomic mass is 16.5. The van der Waals surface area contributed by atoms with Crippen LogP contribution in [0.25, 0.3) is 11.0 Å². The maximum atomic E-state index is 13.1. The van der Waals surface area contributed by atoms with Crippen molar-refractivity contribution in [3.8, 4) is 11.5 Å². The largest absolute Gasteiger partial charge is 0.493 e. The Labute approximate surface area is 220 Å². The molecule has 0 aliphatic carbocycles. The second-order valence-electron chi connectivity index (χ2n) is 8.95. The zero-order chi connectivity index (χ0) is 26.5. The lowest BCUT2D eigenvalue weighted by Crippen LogP contribution is -2.49. The molecule has 1 aliphatic rings.